The lowest BCUT2D eigenvalue weighted by Crippen LogP contribution is -2.05. The van der Waals surface area contributed by atoms with Crippen molar-refractivity contribution >= 4 is 12.0 Å². The molecular weight excluding hydrogens is 118 g/mol. The van der Waals surface area contributed by atoms with Crippen LogP contribution in [0.2, 0.25) is 0 Å². The van der Waals surface area contributed by atoms with Gasteiger partial charge in [0.1, 0.15) is 0 Å². The molecule has 0 aromatic rings. The highest BCUT2D eigenvalue weighted by Gasteiger charge is 1.79. The van der Waals surface area contributed by atoms with Crippen LogP contribution in [0.1, 0.15) is 0 Å². The minimum Gasteiger partial charge on any atom is -0.691 e. The molecule has 0 unspecified atom stereocenters. The average Bonchev–Trinajstić information content (AvgIpc) is 1.69. The van der Waals surface area contributed by atoms with Crippen LogP contribution in [0.25, 0.3) is 0 Å². The van der Waals surface area contributed by atoms with E-state index in [0.717, 1.165) is 12.0 Å². The molecule has 5 heteroatoms. The van der Waals surface area contributed by atoms with E-state index in [2.05, 4.69) is 9.37 Å². The van der Waals surface area contributed by atoms with Gasteiger partial charge in [-0.05, 0) is 0 Å². The van der Waals surface area contributed by atoms with E-state index in [1.54, 1.807) is 0 Å². The van der Waals surface area contributed by atoms with Gasteiger partial charge in [-0.15, -0.1) is 0 Å². The van der Waals surface area contributed by atoms with Crippen molar-refractivity contribution in [2.45, 2.75) is 0 Å². The molecule has 0 rings (SSSR count). The van der Waals surface area contributed by atoms with Crippen molar-refractivity contribution in [1.29, 1.82) is 0 Å². The van der Waals surface area contributed by atoms with Crippen molar-refractivity contribution < 1.29 is 14.6 Å². The van der Waals surface area contributed by atoms with Crippen LogP contribution in [0.5, 0.6) is 0 Å². The van der Waals surface area contributed by atoms with Crippen LogP contribution in [0.15, 0.2) is 0 Å². The van der Waals surface area contributed by atoms with Crippen LogP contribution < -0.4 is 11.0 Å². The highest BCUT2D eigenvalue weighted by molar-refractivity contribution is 7.94. The zero-order valence-corrected chi connectivity index (χ0v) is 4.44. The Morgan fingerprint density at radius 3 is 2.86 bits per heavy atom. The van der Waals surface area contributed by atoms with Gasteiger partial charge in [-0.25, -0.2) is 0 Å². The first kappa shape index (κ1) is 7.19. The van der Waals surface area contributed by atoms with E-state index >= 15 is 0 Å². The summed E-state index contributed by atoms with van der Waals surface area (Å²) in [5.74, 6) is 0.572. The van der Waals surface area contributed by atoms with E-state index < -0.39 is 0 Å². The Labute approximate surface area is 45.7 Å². The Morgan fingerprint density at radius 2 is 2.43 bits per heavy atom. The zero-order chi connectivity index (χ0) is 5.54. The molecule has 0 saturated carbocycles. The number of hydrogen-bond acceptors (Lipinski definition) is 5. The van der Waals surface area contributed by atoms with Crippen LogP contribution >= 0.6 is 12.0 Å². The Hall–Kier alpha value is 0.190. The van der Waals surface area contributed by atoms with Gasteiger partial charge in [0.15, 0.2) is 0 Å². The first-order chi connectivity index (χ1) is 3.41. The van der Waals surface area contributed by atoms with Crippen LogP contribution in [-0.4, -0.2) is 12.3 Å². The van der Waals surface area contributed by atoms with E-state index in [-0.39, 0.29) is 0 Å². The summed E-state index contributed by atoms with van der Waals surface area (Å²) in [5.41, 5.74) is 5.01. The number of nitrogens with two attached hydrogens (primary N) is 1. The molecule has 0 amide bonds. The molecule has 0 radical (unpaired) electrons. The molecule has 0 fully saturated rings. The molecule has 0 atom stereocenters. The molecular formula is C2H6NO3S-. The molecule has 0 bridgehead atoms. The summed E-state index contributed by atoms with van der Waals surface area (Å²) in [6, 6.07) is 0. The summed E-state index contributed by atoms with van der Waals surface area (Å²) in [6.45, 7) is 0.480. The SMILES string of the molecule is NCCSOO[O-]. The fourth-order valence-corrected chi connectivity index (χ4v) is 0.305. The van der Waals surface area contributed by atoms with Gasteiger partial charge in [-0.2, -0.15) is 4.33 Å². The zero-order valence-electron chi connectivity index (χ0n) is 3.62. The van der Waals surface area contributed by atoms with E-state index in [1.807, 2.05) is 0 Å². The third-order valence-electron chi connectivity index (χ3n) is 0.277. The van der Waals surface area contributed by atoms with Crippen molar-refractivity contribution in [1.82, 2.24) is 0 Å². The molecule has 0 aliphatic heterocycles. The Kier molecular flexibility index (Phi) is 6.36. The van der Waals surface area contributed by atoms with Gasteiger partial charge in [0.25, 0.3) is 0 Å². The van der Waals surface area contributed by atoms with E-state index in [4.69, 9.17) is 11.0 Å². The van der Waals surface area contributed by atoms with Crippen LogP contribution in [0.4, 0.5) is 0 Å². The predicted molar refractivity (Wildman–Crippen MR) is 23.7 cm³/mol. The first-order valence-corrected chi connectivity index (χ1v) is 2.61. The second-order valence-corrected chi connectivity index (χ2v) is 1.53. The summed E-state index contributed by atoms with van der Waals surface area (Å²) in [7, 11) is 0. The van der Waals surface area contributed by atoms with Crippen molar-refractivity contribution in [2.24, 2.45) is 5.73 Å². The molecule has 2 N–H and O–H groups in total. The Morgan fingerprint density at radius 1 is 1.71 bits per heavy atom. The summed E-state index contributed by atoms with van der Waals surface area (Å²) >= 11 is 0.894. The summed E-state index contributed by atoms with van der Waals surface area (Å²) in [6.07, 6.45) is 0. The lowest BCUT2D eigenvalue weighted by molar-refractivity contribution is -0.777. The molecule has 0 aliphatic rings. The molecule has 0 spiro atoms. The molecule has 4 nitrogen and oxygen atoms in total. The fourth-order valence-electron chi connectivity index (χ4n) is 0.102. The Bertz CT molecular complexity index is 32.1. The molecule has 0 aromatic heterocycles. The van der Waals surface area contributed by atoms with E-state index in [9.17, 15) is 0 Å². The molecule has 0 aromatic carbocycles. The first-order valence-electron chi connectivity index (χ1n) is 1.70. The minimum absolute atomic E-state index is 0.480. The molecule has 44 valence electrons. The molecule has 7 heavy (non-hydrogen) atoms. The van der Waals surface area contributed by atoms with E-state index in [0.29, 0.717) is 12.3 Å². The maximum atomic E-state index is 9.02. The third kappa shape index (κ3) is 6.19. The normalized spacial score (nSPS) is 9.43. The smallest absolute Gasteiger partial charge is 0.0352 e. The fraction of sp³-hybridized carbons (Fsp3) is 1.00. The Balaban J connectivity index is 2.45. The standard InChI is InChI=1S/C2H7NO3S/c3-1-2-7-6-5-4/h4H,1-3H2/p-1. The van der Waals surface area contributed by atoms with Gasteiger partial charge >= 0.3 is 0 Å². The second kappa shape index (κ2) is 6.19. The van der Waals surface area contributed by atoms with Crippen LogP contribution in [0.3, 0.4) is 0 Å². The van der Waals surface area contributed by atoms with Crippen molar-refractivity contribution in [2.75, 3.05) is 12.3 Å². The van der Waals surface area contributed by atoms with Gasteiger partial charge in [-0.3, -0.25) is 5.04 Å². The maximum absolute atomic E-state index is 9.02. The summed E-state index contributed by atoms with van der Waals surface area (Å²) in [4.78, 5) is 0. The van der Waals surface area contributed by atoms with Crippen molar-refractivity contribution in [3.05, 3.63) is 0 Å². The highest BCUT2D eigenvalue weighted by atomic mass is 32.2. The lowest BCUT2D eigenvalue weighted by Gasteiger charge is -2.00. The number of rotatable bonds is 4. The van der Waals surface area contributed by atoms with Gasteiger partial charge in [0.2, 0.25) is 0 Å². The highest BCUT2D eigenvalue weighted by Crippen LogP contribution is 1.96. The monoisotopic (exact) mass is 124 g/mol. The third-order valence-corrected chi connectivity index (χ3v) is 0.831. The largest absolute Gasteiger partial charge is 0.691 e. The van der Waals surface area contributed by atoms with Gasteiger partial charge < -0.3 is 11.0 Å². The molecule has 0 saturated heterocycles. The predicted octanol–water partition coefficient (Wildman–Crippen LogP) is -1.18. The van der Waals surface area contributed by atoms with Crippen LogP contribution in [0, 0.1) is 0 Å². The van der Waals surface area contributed by atoms with Crippen LogP contribution in [-0.2, 0) is 9.37 Å². The summed E-state index contributed by atoms with van der Waals surface area (Å²) in [5, 5.41) is 12.0. The van der Waals surface area contributed by atoms with Crippen molar-refractivity contribution in [3.63, 3.8) is 0 Å². The van der Waals surface area contributed by atoms with Gasteiger partial charge in [0.05, 0.1) is 0 Å². The second-order valence-electron chi connectivity index (χ2n) is 0.747. The average molecular weight is 124 g/mol. The van der Waals surface area contributed by atoms with Gasteiger partial charge in [-0.1, -0.05) is 0 Å². The topological polar surface area (TPSA) is 67.5 Å². The minimum atomic E-state index is 0.480. The number of hydrogen-bond donors (Lipinski definition) is 1. The molecule has 0 aliphatic carbocycles. The van der Waals surface area contributed by atoms with Crippen molar-refractivity contribution in [3.8, 4) is 0 Å². The van der Waals surface area contributed by atoms with Gasteiger partial charge in [0, 0.05) is 24.3 Å². The lowest BCUT2D eigenvalue weighted by atomic mass is 10.8. The summed E-state index contributed by atoms with van der Waals surface area (Å²) < 4.78 is 3.86. The van der Waals surface area contributed by atoms with E-state index in [1.165, 1.54) is 0 Å². The quantitative estimate of drug-likeness (QED) is 0.221. The maximum Gasteiger partial charge on any atom is 0.0352 e. The molecule has 0 heterocycles.